The molecule has 0 spiro atoms. The zero-order chi connectivity index (χ0) is 22.6. The van der Waals surface area contributed by atoms with Gasteiger partial charge in [-0.3, -0.25) is 4.79 Å². The minimum absolute atomic E-state index is 0.0435. The fourth-order valence-corrected chi connectivity index (χ4v) is 5.24. The van der Waals surface area contributed by atoms with Crippen LogP contribution >= 0.6 is 11.6 Å². The highest BCUT2D eigenvalue weighted by molar-refractivity contribution is 7.89. The number of aryl methyl sites for hydroxylation is 1. The Hall–Kier alpha value is -2.13. The van der Waals surface area contributed by atoms with Gasteiger partial charge in [0, 0.05) is 31.7 Å². The van der Waals surface area contributed by atoms with Gasteiger partial charge in [-0.05, 0) is 56.3 Å². The Labute approximate surface area is 189 Å². The van der Waals surface area contributed by atoms with Crippen molar-refractivity contribution in [3.05, 3.63) is 58.1 Å². The number of carbonyl (C=O) groups is 1. The number of nitrogens with one attached hydrogen (secondary N) is 1. The Bertz CT molecular complexity index is 1050. The summed E-state index contributed by atoms with van der Waals surface area (Å²) in [7, 11) is -1.82. The first-order valence-corrected chi connectivity index (χ1v) is 12.0. The third-order valence-corrected chi connectivity index (χ3v) is 7.85. The summed E-state index contributed by atoms with van der Waals surface area (Å²) in [5.74, 6) is 0.400. The van der Waals surface area contributed by atoms with Gasteiger partial charge < -0.3 is 15.0 Å². The van der Waals surface area contributed by atoms with Crippen LogP contribution in [0.2, 0.25) is 5.02 Å². The summed E-state index contributed by atoms with van der Waals surface area (Å²) in [5.41, 5.74) is 2.44. The van der Waals surface area contributed by atoms with Crippen molar-refractivity contribution in [2.45, 2.75) is 18.7 Å². The minimum Gasteiger partial charge on any atom is -0.491 e. The van der Waals surface area contributed by atoms with Crippen LogP contribution in [0.25, 0.3) is 0 Å². The number of benzene rings is 2. The first-order valence-electron chi connectivity index (χ1n) is 10.2. The first-order chi connectivity index (χ1) is 14.7. The van der Waals surface area contributed by atoms with Gasteiger partial charge in [0.1, 0.15) is 17.3 Å². The smallest absolute Gasteiger partial charge is 0.251 e. The summed E-state index contributed by atoms with van der Waals surface area (Å²) in [5, 5.41) is 2.87. The second-order valence-electron chi connectivity index (χ2n) is 7.65. The highest BCUT2D eigenvalue weighted by Gasteiger charge is 2.30. The molecule has 0 unspecified atom stereocenters. The van der Waals surface area contributed by atoms with Gasteiger partial charge in [0.15, 0.2) is 0 Å². The van der Waals surface area contributed by atoms with E-state index in [1.165, 1.54) is 22.5 Å². The highest BCUT2D eigenvalue weighted by Crippen LogP contribution is 2.26. The van der Waals surface area contributed by atoms with E-state index < -0.39 is 10.0 Å². The lowest BCUT2D eigenvalue weighted by Gasteiger charge is -2.31. The molecule has 1 fully saturated rings. The van der Waals surface area contributed by atoms with E-state index in [1.807, 2.05) is 39.1 Å². The van der Waals surface area contributed by atoms with E-state index in [1.54, 1.807) is 0 Å². The maximum Gasteiger partial charge on any atom is 0.251 e. The third-order valence-electron chi connectivity index (χ3n) is 5.47. The Morgan fingerprint density at radius 1 is 1.13 bits per heavy atom. The summed E-state index contributed by atoms with van der Waals surface area (Å²) in [6, 6.07) is 10.1. The molecule has 1 aliphatic heterocycles. The average Bonchev–Trinajstić information content (AvgIpc) is 2.74. The number of nitrogens with zero attached hydrogens (tertiary/aromatic N) is 2. The number of amides is 1. The van der Waals surface area contributed by atoms with E-state index in [4.69, 9.17) is 16.3 Å². The summed E-state index contributed by atoms with van der Waals surface area (Å²) < 4.78 is 33.2. The molecule has 0 radical (unpaired) electrons. The number of ether oxygens (including phenoxy) is 1. The van der Waals surface area contributed by atoms with Crippen molar-refractivity contribution in [1.29, 1.82) is 0 Å². The van der Waals surface area contributed by atoms with E-state index >= 15 is 0 Å². The van der Waals surface area contributed by atoms with Gasteiger partial charge in [0.05, 0.1) is 11.6 Å². The van der Waals surface area contributed by atoms with Gasteiger partial charge in [-0.2, -0.15) is 4.31 Å². The van der Waals surface area contributed by atoms with Gasteiger partial charge in [0.25, 0.3) is 5.91 Å². The molecular weight excluding hydrogens is 438 g/mol. The molecule has 0 saturated carbocycles. The van der Waals surface area contributed by atoms with Gasteiger partial charge in [-0.15, -0.1) is 0 Å². The number of hydrogen-bond acceptors (Lipinski definition) is 5. The zero-order valence-electron chi connectivity index (χ0n) is 18.0. The number of likely N-dealkylation sites (N-methyl/N-ethyl adjacent to an activating group) is 1. The lowest BCUT2D eigenvalue weighted by atomic mass is 10.1. The quantitative estimate of drug-likeness (QED) is 0.636. The van der Waals surface area contributed by atoms with Crippen molar-refractivity contribution in [3.8, 4) is 5.75 Å². The molecule has 1 heterocycles. The summed E-state index contributed by atoms with van der Waals surface area (Å²) in [6.45, 7) is 6.67. The monoisotopic (exact) mass is 465 g/mol. The van der Waals surface area contributed by atoms with Crippen molar-refractivity contribution < 1.29 is 17.9 Å². The number of sulfonamides is 1. The topological polar surface area (TPSA) is 78.9 Å². The second kappa shape index (κ2) is 9.99. The number of carbonyl (C=O) groups excluding carboxylic acids is 1. The fourth-order valence-electron chi connectivity index (χ4n) is 3.32. The lowest BCUT2D eigenvalue weighted by molar-refractivity contribution is 0.0946. The standard InChI is InChI=1S/C22H28ClN3O4S/c1-16-5-4-6-20(17(16)2)30-14-9-24-22(27)18-7-8-19(23)21(15-18)31(28,29)26-12-10-25(3)11-13-26/h4-8,15H,9-14H2,1-3H3,(H,24,27). The molecule has 31 heavy (non-hydrogen) atoms. The van der Waals surface area contributed by atoms with Crippen molar-refractivity contribution in [2.75, 3.05) is 46.4 Å². The molecule has 0 aliphatic carbocycles. The van der Waals surface area contributed by atoms with E-state index in [0.29, 0.717) is 32.8 Å². The molecule has 1 aliphatic rings. The van der Waals surface area contributed by atoms with Crippen molar-refractivity contribution >= 4 is 27.5 Å². The predicted molar refractivity (Wildman–Crippen MR) is 121 cm³/mol. The zero-order valence-corrected chi connectivity index (χ0v) is 19.6. The Kier molecular flexibility index (Phi) is 7.59. The van der Waals surface area contributed by atoms with Gasteiger partial charge >= 0.3 is 0 Å². The van der Waals surface area contributed by atoms with Crippen LogP contribution in [-0.4, -0.2) is 69.9 Å². The average molecular weight is 466 g/mol. The van der Waals surface area contributed by atoms with Crippen LogP contribution in [0.1, 0.15) is 21.5 Å². The number of halogens is 1. The van der Waals surface area contributed by atoms with Crippen LogP contribution in [0, 0.1) is 13.8 Å². The van der Waals surface area contributed by atoms with E-state index in [9.17, 15) is 13.2 Å². The normalized spacial score (nSPS) is 15.6. The molecule has 1 N–H and O–H groups in total. The van der Waals surface area contributed by atoms with Gasteiger partial charge in [-0.1, -0.05) is 23.7 Å². The van der Waals surface area contributed by atoms with Gasteiger partial charge in [-0.25, -0.2) is 8.42 Å². The van der Waals surface area contributed by atoms with Gasteiger partial charge in [0.2, 0.25) is 10.0 Å². The maximum atomic E-state index is 13.0. The summed E-state index contributed by atoms with van der Waals surface area (Å²) in [6.07, 6.45) is 0. The molecule has 0 atom stereocenters. The Balaban J connectivity index is 1.63. The SMILES string of the molecule is Cc1cccc(OCCNC(=O)c2ccc(Cl)c(S(=O)(=O)N3CCN(C)CC3)c2)c1C. The minimum atomic E-state index is -3.77. The number of piperazine rings is 1. The first kappa shape index (κ1) is 23.5. The number of hydrogen-bond donors (Lipinski definition) is 1. The molecule has 2 aromatic rings. The van der Waals surface area contributed by atoms with Crippen LogP contribution < -0.4 is 10.1 Å². The van der Waals surface area contributed by atoms with E-state index in [2.05, 4.69) is 10.2 Å². The lowest BCUT2D eigenvalue weighted by Crippen LogP contribution is -2.47. The molecule has 0 bridgehead atoms. The van der Waals surface area contributed by atoms with Crippen LogP contribution in [0.15, 0.2) is 41.3 Å². The molecule has 3 rings (SSSR count). The fraction of sp³-hybridized carbons (Fsp3) is 0.409. The van der Waals surface area contributed by atoms with E-state index in [-0.39, 0.29) is 27.9 Å². The third kappa shape index (κ3) is 5.57. The molecule has 1 saturated heterocycles. The predicted octanol–water partition coefficient (Wildman–Crippen LogP) is 2.70. The summed E-state index contributed by atoms with van der Waals surface area (Å²) >= 11 is 6.19. The molecule has 168 valence electrons. The summed E-state index contributed by atoms with van der Waals surface area (Å²) in [4.78, 5) is 14.6. The van der Waals surface area contributed by atoms with Crippen LogP contribution in [0.3, 0.4) is 0 Å². The molecule has 7 nitrogen and oxygen atoms in total. The number of rotatable bonds is 7. The maximum absolute atomic E-state index is 13.0. The van der Waals surface area contributed by atoms with Crippen molar-refractivity contribution in [1.82, 2.24) is 14.5 Å². The van der Waals surface area contributed by atoms with Crippen molar-refractivity contribution in [3.63, 3.8) is 0 Å². The van der Waals surface area contributed by atoms with Crippen LogP contribution in [-0.2, 0) is 10.0 Å². The highest BCUT2D eigenvalue weighted by atomic mass is 35.5. The molecular formula is C22H28ClN3O4S. The van der Waals surface area contributed by atoms with E-state index in [0.717, 1.165) is 16.9 Å². The largest absolute Gasteiger partial charge is 0.491 e. The van der Waals surface area contributed by atoms with Crippen LogP contribution in [0.5, 0.6) is 5.75 Å². The molecule has 9 heteroatoms. The molecule has 1 amide bonds. The van der Waals surface area contributed by atoms with Crippen LogP contribution in [0.4, 0.5) is 0 Å². The van der Waals surface area contributed by atoms with Crippen molar-refractivity contribution in [2.24, 2.45) is 0 Å². The Morgan fingerprint density at radius 2 is 1.84 bits per heavy atom. The second-order valence-corrected chi connectivity index (χ2v) is 9.97. The molecule has 0 aromatic heterocycles. The Morgan fingerprint density at radius 3 is 2.55 bits per heavy atom. The molecule has 2 aromatic carbocycles.